The van der Waals surface area contributed by atoms with E-state index in [2.05, 4.69) is 23.4 Å². The van der Waals surface area contributed by atoms with Crippen molar-refractivity contribution in [2.45, 2.75) is 38.6 Å². The highest BCUT2D eigenvalue weighted by Crippen LogP contribution is 2.27. The number of carbonyl (C=O) groups is 1. The molecule has 0 unspecified atom stereocenters. The van der Waals surface area contributed by atoms with Gasteiger partial charge < -0.3 is 14.2 Å². The molecular weight excluding hydrogens is 338 g/mol. The Morgan fingerprint density at radius 2 is 2.12 bits per heavy atom. The third kappa shape index (κ3) is 4.34. The molecular formula is C19H24ClN3O2. The van der Waals surface area contributed by atoms with Gasteiger partial charge in [-0.05, 0) is 51.0 Å². The van der Waals surface area contributed by atoms with Gasteiger partial charge in [-0.3, -0.25) is 4.79 Å². The van der Waals surface area contributed by atoms with Gasteiger partial charge >= 0.3 is 0 Å². The average Bonchev–Trinajstić information content (AvgIpc) is 3.11. The third-order valence-corrected chi connectivity index (χ3v) is 4.82. The van der Waals surface area contributed by atoms with E-state index in [-0.39, 0.29) is 18.4 Å². The molecule has 1 amide bonds. The molecule has 1 aromatic heterocycles. The van der Waals surface area contributed by atoms with E-state index >= 15 is 0 Å². The van der Waals surface area contributed by atoms with Crippen LogP contribution in [0, 0.1) is 0 Å². The van der Waals surface area contributed by atoms with Gasteiger partial charge in [-0.25, -0.2) is 4.98 Å². The predicted octanol–water partition coefficient (Wildman–Crippen LogP) is 3.90. The van der Waals surface area contributed by atoms with Gasteiger partial charge in [-0.1, -0.05) is 11.6 Å². The van der Waals surface area contributed by atoms with Gasteiger partial charge in [-0.2, -0.15) is 0 Å². The van der Waals surface area contributed by atoms with Crippen LogP contribution in [0.25, 0.3) is 0 Å². The smallest absolute Gasteiger partial charge is 0.260 e. The summed E-state index contributed by atoms with van der Waals surface area (Å²) in [4.78, 5) is 19.0. The summed E-state index contributed by atoms with van der Waals surface area (Å²) in [5.74, 6) is 2.03. The zero-order chi connectivity index (χ0) is 17.8. The van der Waals surface area contributed by atoms with Crippen molar-refractivity contribution in [3.8, 4) is 5.75 Å². The molecule has 1 fully saturated rings. The van der Waals surface area contributed by atoms with Crippen LogP contribution >= 0.6 is 11.6 Å². The van der Waals surface area contributed by atoms with Crippen LogP contribution in [-0.2, 0) is 4.79 Å². The molecule has 25 heavy (non-hydrogen) atoms. The number of benzene rings is 1. The second-order valence-corrected chi connectivity index (χ2v) is 7.14. The molecule has 0 saturated carbocycles. The number of piperidine rings is 1. The predicted molar refractivity (Wildman–Crippen MR) is 98.1 cm³/mol. The van der Waals surface area contributed by atoms with Crippen LogP contribution in [0.15, 0.2) is 36.7 Å². The molecule has 0 bridgehead atoms. The van der Waals surface area contributed by atoms with Crippen LogP contribution in [0.2, 0.25) is 5.02 Å². The van der Waals surface area contributed by atoms with Crippen molar-refractivity contribution in [3.05, 3.63) is 47.5 Å². The zero-order valence-corrected chi connectivity index (χ0v) is 15.4. The largest absolute Gasteiger partial charge is 0.484 e. The highest BCUT2D eigenvalue weighted by molar-refractivity contribution is 6.30. The van der Waals surface area contributed by atoms with E-state index < -0.39 is 0 Å². The highest BCUT2D eigenvalue weighted by atomic mass is 35.5. The first-order valence-electron chi connectivity index (χ1n) is 8.73. The number of rotatable bonds is 5. The number of carbonyl (C=O) groups excluding carboxylic acids is 1. The van der Waals surface area contributed by atoms with E-state index in [4.69, 9.17) is 16.3 Å². The second-order valence-electron chi connectivity index (χ2n) is 6.71. The summed E-state index contributed by atoms with van der Waals surface area (Å²) in [6.07, 6.45) is 5.91. The summed E-state index contributed by atoms with van der Waals surface area (Å²) in [6, 6.07) is 7.42. The lowest BCUT2D eigenvalue weighted by molar-refractivity contribution is -0.134. The van der Waals surface area contributed by atoms with Gasteiger partial charge in [0.2, 0.25) is 0 Å². The van der Waals surface area contributed by atoms with Crippen LogP contribution < -0.4 is 4.74 Å². The minimum absolute atomic E-state index is 0.0160. The molecule has 1 aliphatic rings. The fourth-order valence-corrected chi connectivity index (χ4v) is 3.39. The first-order chi connectivity index (χ1) is 12.0. The molecule has 0 aliphatic carbocycles. The number of imidazole rings is 1. The maximum atomic E-state index is 12.5. The molecule has 0 spiro atoms. The summed E-state index contributed by atoms with van der Waals surface area (Å²) in [5, 5.41) is 0.651. The summed E-state index contributed by atoms with van der Waals surface area (Å²) in [5.41, 5.74) is 0. The quantitative estimate of drug-likeness (QED) is 0.811. The maximum Gasteiger partial charge on any atom is 0.260 e. The van der Waals surface area contributed by atoms with Crippen LogP contribution in [0.5, 0.6) is 5.75 Å². The maximum absolute atomic E-state index is 12.5. The first kappa shape index (κ1) is 17.8. The van der Waals surface area contributed by atoms with E-state index in [1.54, 1.807) is 24.3 Å². The van der Waals surface area contributed by atoms with Crippen LogP contribution in [-0.4, -0.2) is 40.1 Å². The average molecular weight is 362 g/mol. The topological polar surface area (TPSA) is 47.4 Å². The fourth-order valence-electron chi connectivity index (χ4n) is 3.26. The van der Waals surface area contributed by atoms with E-state index in [1.807, 2.05) is 17.3 Å². The normalized spacial score (nSPS) is 17.8. The molecule has 134 valence electrons. The first-order valence-corrected chi connectivity index (χ1v) is 9.11. The Kier molecular flexibility index (Phi) is 5.63. The molecule has 0 radical (unpaired) electrons. The highest BCUT2D eigenvalue weighted by Gasteiger charge is 2.28. The number of halogens is 1. The monoisotopic (exact) mass is 361 g/mol. The Labute approximate surface area is 153 Å². The van der Waals surface area contributed by atoms with Gasteiger partial charge in [0, 0.05) is 42.5 Å². The molecule has 1 aliphatic heterocycles. The molecule has 2 aromatic rings. The van der Waals surface area contributed by atoms with Crippen LogP contribution in [0.3, 0.4) is 0 Å². The zero-order valence-electron chi connectivity index (χ0n) is 14.7. The molecule has 3 rings (SSSR count). The number of likely N-dealkylation sites (tertiary alicyclic amines) is 1. The Bertz CT molecular complexity index is 712. The molecule has 1 atom stereocenters. The van der Waals surface area contributed by atoms with Crippen molar-refractivity contribution in [2.75, 3.05) is 19.7 Å². The van der Waals surface area contributed by atoms with Crippen LogP contribution in [0.4, 0.5) is 0 Å². The van der Waals surface area contributed by atoms with E-state index in [0.29, 0.717) is 23.4 Å². The van der Waals surface area contributed by atoms with Gasteiger partial charge in [0.1, 0.15) is 11.6 Å². The molecule has 6 heteroatoms. The van der Waals surface area contributed by atoms with Gasteiger partial charge in [0.25, 0.3) is 5.91 Å². The molecule has 0 N–H and O–H groups in total. The van der Waals surface area contributed by atoms with Crippen molar-refractivity contribution >= 4 is 17.5 Å². The van der Waals surface area contributed by atoms with Crippen molar-refractivity contribution in [3.63, 3.8) is 0 Å². The lowest BCUT2D eigenvalue weighted by Gasteiger charge is -2.33. The summed E-state index contributed by atoms with van der Waals surface area (Å²) < 4.78 is 7.79. The number of hydrogen-bond acceptors (Lipinski definition) is 3. The minimum atomic E-state index is 0.0160. The lowest BCUT2D eigenvalue weighted by atomic mass is 9.97. The molecule has 1 saturated heterocycles. The van der Waals surface area contributed by atoms with E-state index in [9.17, 15) is 4.79 Å². The summed E-state index contributed by atoms with van der Waals surface area (Å²) in [7, 11) is 0. The van der Waals surface area contributed by atoms with Gasteiger partial charge in [0.05, 0.1) is 0 Å². The third-order valence-electron chi connectivity index (χ3n) is 4.57. The fraction of sp³-hybridized carbons (Fsp3) is 0.474. The Morgan fingerprint density at radius 1 is 1.36 bits per heavy atom. The Hall–Kier alpha value is -2.01. The number of nitrogens with zero attached hydrogens (tertiary/aromatic N) is 3. The van der Waals surface area contributed by atoms with Gasteiger partial charge in [0.15, 0.2) is 6.61 Å². The lowest BCUT2D eigenvalue weighted by Crippen LogP contribution is -2.42. The molecule has 2 heterocycles. The van der Waals surface area contributed by atoms with E-state index in [1.165, 1.54) is 0 Å². The molecule has 5 nitrogen and oxygen atoms in total. The van der Waals surface area contributed by atoms with Crippen molar-refractivity contribution in [1.29, 1.82) is 0 Å². The van der Waals surface area contributed by atoms with Crippen molar-refractivity contribution in [1.82, 2.24) is 14.5 Å². The number of hydrogen-bond donors (Lipinski definition) is 0. The SMILES string of the molecule is CC(C)n1ccnc1[C@H]1CCCN(C(=O)COc2ccc(Cl)cc2)C1. The van der Waals surface area contributed by atoms with Crippen LogP contribution in [0.1, 0.15) is 44.5 Å². The second kappa shape index (κ2) is 7.91. The Balaban J connectivity index is 1.59. The molecule has 1 aromatic carbocycles. The summed E-state index contributed by atoms with van der Waals surface area (Å²) >= 11 is 5.86. The van der Waals surface area contributed by atoms with Gasteiger partial charge in [-0.15, -0.1) is 0 Å². The Morgan fingerprint density at radius 3 is 2.84 bits per heavy atom. The van der Waals surface area contributed by atoms with Crippen molar-refractivity contribution in [2.24, 2.45) is 0 Å². The summed E-state index contributed by atoms with van der Waals surface area (Å²) in [6.45, 7) is 5.83. The number of ether oxygens (including phenoxy) is 1. The number of amides is 1. The standard InChI is InChI=1S/C19H24ClN3O2/c1-14(2)23-11-9-21-19(23)15-4-3-10-22(12-15)18(24)13-25-17-7-5-16(20)6-8-17/h5-9,11,14-15H,3-4,10,12-13H2,1-2H3/t15-/m0/s1. The van der Waals surface area contributed by atoms with Crippen molar-refractivity contribution < 1.29 is 9.53 Å². The van der Waals surface area contributed by atoms with E-state index in [0.717, 1.165) is 25.2 Å². The minimum Gasteiger partial charge on any atom is -0.484 e. The number of aromatic nitrogens is 2.